The first kappa shape index (κ1) is 24.6. The molecule has 0 spiro atoms. The third-order valence-electron chi connectivity index (χ3n) is 6.07. The Morgan fingerprint density at radius 1 is 0.941 bits per heavy atom. The van der Waals surface area contributed by atoms with Crippen molar-refractivity contribution in [1.82, 2.24) is 9.21 Å². The van der Waals surface area contributed by atoms with Gasteiger partial charge in [-0.05, 0) is 53.0 Å². The molecule has 1 fully saturated rings. The predicted octanol–water partition coefficient (Wildman–Crippen LogP) is 5.43. The van der Waals surface area contributed by atoms with E-state index in [0.717, 1.165) is 28.8 Å². The van der Waals surface area contributed by atoms with E-state index in [1.807, 2.05) is 60.0 Å². The van der Waals surface area contributed by atoms with Crippen LogP contribution >= 0.6 is 11.3 Å². The van der Waals surface area contributed by atoms with Gasteiger partial charge in [0, 0.05) is 17.5 Å². The Balaban J connectivity index is 1.56. The van der Waals surface area contributed by atoms with E-state index in [1.54, 1.807) is 28.4 Å². The van der Waals surface area contributed by atoms with Crippen LogP contribution in [0.2, 0.25) is 0 Å². The van der Waals surface area contributed by atoms with Gasteiger partial charge in [-0.1, -0.05) is 69.3 Å². The summed E-state index contributed by atoms with van der Waals surface area (Å²) >= 11 is 1.60. The second-order valence-electron chi connectivity index (χ2n) is 9.87. The summed E-state index contributed by atoms with van der Waals surface area (Å²) in [6.07, 6.45) is 1.58. The number of hydrogen-bond donors (Lipinski definition) is 0. The largest absolute Gasteiger partial charge is 0.332 e. The highest BCUT2D eigenvalue weighted by Gasteiger charge is 2.40. The summed E-state index contributed by atoms with van der Waals surface area (Å²) < 4.78 is 28.5. The summed E-state index contributed by atoms with van der Waals surface area (Å²) in [7, 11) is -3.78. The molecule has 0 saturated heterocycles. The molecular weight excluding hydrogens is 464 g/mol. The maximum absolute atomic E-state index is 13.6. The van der Waals surface area contributed by atoms with Gasteiger partial charge < -0.3 is 4.90 Å². The van der Waals surface area contributed by atoms with Crippen LogP contribution in [0.4, 0.5) is 0 Å². The Hall–Kier alpha value is -2.48. The molecule has 0 bridgehead atoms. The number of thiophene rings is 1. The molecule has 4 rings (SSSR count). The second-order valence-corrected chi connectivity index (χ2v) is 12.8. The van der Waals surface area contributed by atoms with Gasteiger partial charge in [0.15, 0.2) is 0 Å². The van der Waals surface area contributed by atoms with Gasteiger partial charge in [0.25, 0.3) is 0 Å². The van der Waals surface area contributed by atoms with E-state index in [2.05, 4.69) is 20.8 Å². The molecule has 3 aromatic rings. The van der Waals surface area contributed by atoms with Crippen LogP contribution in [0.5, 0.6) is 0 Å². The number of amides is 1. The zero-order valence-electron chi connectivity index (χ0n) is 20.0. The summed E-state index contributed by atoms with van der Waals surface area (Å²) in [6.45, 7) is 7.05. The third-order valence-corrected chi connectivity index (χ3v) is 8.84. The molecule has 180 valence electrons. The molecule has 1 aliphatic carbocycles. The van der Waals surface area contributed by atoms with Crippen LogP contribution in [-0.4, -0.2) is 36.1 Å². The standard InChI is InChI=1S/C27H32N2O3S2/c1-27(2,3)22-11-15-25(16-12-22)34(31,32)29(23-13-14-23)20-26(30)28(19-24-10-7-17-33-24)18-21-8-5-4-6-9-21/h4-12,15-17,23H,13-14,18-20H2,1-3H3. The third kappa shape index (κ3) is 5.95. The van der Waals surface area contributed by atoms with E-state index in [4.69, 9.17) is 0 Å². The van der Waals surface area contributed by atoms with Gasteiger partial charge in [-0.3, -0.25) is 4.79 Å². The van der Waals surface area contributed by atoms with Gasteiger partial charge in [0.05, 0.1) is 18.0 Å². The van der Waals surface area contributed by atoms with Crippen molar-refractivity contribution in [1.29, 1.82) is 0 Å². The zero-order valence-corrected chi connectivity index (χ0v) is 21.6. The molecule has 7 heteroatoms. The summed E-state index contributed by atoms with van der Waals surface area (Å²) in [5.41, 5.74) is 2.03. The van der Waals surface area contributed by atoms with Crippen molar-refractivity contribution in [2.24, 2.45) is 0 Å². The number of nitrogens with zero attached hydrogens (tertiary/aromatic N) is 2. The fourth-order valence-corrected chi connectivity index (χ4v) is 6.25. The molecule has 1 saturated carbocycles. The van der Waals surface area contributed by atoms with Crippen molar-refractivity contribution in [2.45, 2.75) is 63.1 Å². The average Bonchev–Trinajstić information content (AvgIpc) is 3.52. The first-order valence-electron chi connectivity index (χ1n) is 11.6. The molecule has 1 aromatic heterocycles. The van der Waals surface area contributed by atoms with Crippen LogP contribution in [-0.2, 0) is 33.3 Å². The lowest BCUT2D eigenvalue weighted by atomic mass is 9.87. The molecule has 2 aromatic carbocycles. The van der Waals surface area contributed by atoms with Crippen LogP contribution in [0.15, 0.2) is 77.0 Å². The number of rotatable bonds is 9. The predicted molar refractivity (Wildman–Crippen MR) is 137 cm³/mol. The number of carbonyl (C=O) groups excluding carboxylic acids is 1. The lowest BCUT2D eigenvalue weighted by molar-refractivity contribution is -0.132. The first-order chi connectivity index (χ1) is 16.1. The molecule has 0 atom stereocenters. The molecule has 1 amide bonds. The van der Waals surface area contributed by atoms with Crippen LogP contribution < -0.4 is 0 Å². The van der Waals surface area contributed by atoms with Gasteiger partial charge >= 0.3 is 0 Å². The summed E-state index contributed by atoms with van der Waals surface area (Å²) in [5.74, 6) is -0.181. The van der Waals surface area contributed by atoms with E-state index in [9.17, 15) is 13.2 Å². The Morgan fingerprint density at radius 3 is 2.18 bits per heavy atom. The highest BCUT2D eigenvalue weighted by atomic mass is 32.2. The molecule has 5 nitrogen and oxygen atoms in total. The SMILES string of the molecule is CC(C)(C)c1ccc(S(=O)(=O)N(CC(=O)N(Cc2ccccc2)Cc2cccs2)C2CC2)cc1. The normalized spacial score (nSPS) is 14.4. The van der Waals surface area contributed by atoms with E-state index >= 15 is 0 Å². The van der Waals surface area contributed by atoms with E-state index in [0.29, 0.717) is 13.1 Å². The quantitative estimate of drug-likeness (QED) is 0.397. The lowest BCUT2D eigenvalue weighted by Crippen LogP contribution is -2.43. The number of carbonyl (C=O) groups is 1. The molecule has 0 aliphatic heterocycles. The van der Waals surface area contributed by atoms with Crippen LogP contribution in [0.1, 0.15) is 49.6 Å². The molecular formula is C27H32N2O3S2. The van der Waals surface area contributed by atoms with Crippen LogP contribution in [0, 0.1) is 0 Å². The zero-order chi connectivity index (χ0) is 24.3. The van der Waals surface area contributed by atoms with Crippen molar-refractivity contribution in [3.8, 4) is 0 Å². The van der Waals surface area contributed by atoms with Crippen LogP contribution in [0.3, 0.4) is 0 Å². The highest BCUT2D eigenvalue weighted by Crippen LogP contribution is 2.33. The number of hydrogen-bond acceptors (Lipinski definition) is 4. The Bertz CT molecular complexity index is 1200. The molecule has 1 aliphatic rings. The number of benzene rings is 2. The molecule has 0 radical (unpaired) electrons. The molecule has 34 heavy (non-hydrogen) atoms. The fraction of sp³-hybridized carbons (Fsp3) is 0.370. The number of sulfonamides is 1. The maximum atomic E-state index is 13.6. The van der Waals surface area contributed by atoms with E-state index in [-0.39, 0.29) is 28.8 Å². The summed E-state index contributed by atoms with van der Waals surface area (Å²) in [6, 6.07) is 20.8. The fourth-order valence-electron chi connectivity index (χ4n) is 3.90. The monoisotopic (exact) mass is 496 g/mol. The van der Waals surface area contributed by atoms with Gasteiger partial charge in [0.2, 0.25) is 15.9 Å². The highest BCUT2D eigenvalue weighted by molar-refractivity contribution is 7.89. The first-order valence-corrected chi connectivity index (χ1v) is 13.9. The maximum Gasteiger partial charge on any atom is 0.243 e. The molecule has 1 heterocycles. The van der Waals surface area contributed by atoms with Crippen molar-refractivity contribution in [3.63, 3.8) is 0 Å². The Morgan fingerprint density at radius 2 is 1.62 bits per heavy atom. The molecule has 0 N–H and O–H groups in total. The Kier molecular flexibility index (Phi) is 7.26. The van der Waals surface area contributed by atoms with Crippen molar-refractivity contribution in [3.05, 3.63) is 88.1 Å². The summed E-state index contributed by atoms with van der Waals surface area (Å²) in [5, 5.41) is 1.99. The van der Waals surface area contributed by atoms with E-state index in [1.165, 1.54) is 4.31 Å². The van der Waals surface area contributed by atoms with Crippen molar-refractivity contribution < 1.29 is 13.2 Å². The van der Waals surface area contributed by atoms with Gasteiger partial charge in [-0.15, -0.1) is 11.3 Å². The van der Waals surface area contributed by atoms with Gasteiger partial charge in [-0.25, -0.2) is 8.42 Å². The minimum absolute atomic E-state index is 0.0613. The van der Waals surface area contributed by atoms with Crippen molar-refractivity contribution >= 4 is 27.3 Å². The summed E-state index contributed by atoms with van der Waals surface area (Å²) in [4.78, 5) is 16.6. The van der Waals surface area contributed by atoms with Crippen LogP contribution in [0.25, 0.3) is 0 Å². The van der Waals surface area contributed by atoms with Crippen molar-refractivity contribution in [2.75, 3.05) is 6.54 Å². The molecule has 0 unspecified atom stereocenters. The van der Waals surface area contributed by atoms with Gasteiger partial charge in [-0.2, -0.15) is 4.31 Å². The topological polar surface area (TPSA) is 57.7 Å². The lowest BCUT2D eigenvalue weighted by Gasteiger charge is -2.27. The average molecular weight is 497 g/mol. The smallest absolute Gasteiger partial charge is 0.243 e. The van der Waals surface area contributed by atoms with E-state index < -0.39 is 10.0 Å². The minimum Gasteiger partial charge on any atom is -0.332 e. The Labute approximate surface area is 207 Å². The second kappa shape index (κ2) is 10.0. The minimum atomic E-state index is -3.78. The van der Waals surface area contributed by atoms with Gasteiger partial charge in [0.1, 0.15) is 0 Å².